The minimum atomic E-state index is -1.06. The molecule has 0 saturated heterocycles. The highest BCUT2D eigenvalue weighted by molar-refractivity contribution is 8.76. The van der Waals surface area contributed by atoms with Crippen molar-refractivity contribution >= 4 is 39.4 Å². The van der Waals surface area contributed by atoms with Gasteiger partial charge < -0.3 is 16.2 Å². The van der Waals surface area contributed by atoms with E-state index in [0.29, 0.717) is 27.3 Å². The monoisotopic (exact) mass is 418 g/mol. The average molecular weight is 419 g/mol. The molecule has 0 aliphatic rings. The number of nitrogens with one attached hydrogen (secondary N) is 1. The molecule has 0 heterocycles. The van der Waals surface area contributed by atoms with Gasteiger partial charge in [0.2, 0.25) is 5.91 Å². The van der Waals surface area contributed by atoms with E-state index in [-0.39, 0.29) is 5.92 Å². The fourth-order valence-corrected chi connectivity index (χ4v) is 4.83. The first-order valence-electron chi connectivity index (χ1n) is 8.71. The van der Waals surface area contributed by atoms with Crippen molar-refractivity contribution < 1.29 is 19.5 Å². The summed E-state index contributed by atoms with van der Waals surface area (Å²) in [6, 6.07) is 12.9. The van der Waals surface area contributed by atoms with Crippen molar-refractivity contribution in [3.05, 3.63) is 59.7 Å². The second-order valence-electron chi connectivity index (χ2n) is 6.20. The minimum absolute atomic E-state index is 0.196. The molecule has 0 saturated carbocycles. The Morgan fingerprint density at radius 3 is 2.00 bits per heavy atom. The Hall–Kier alpha value is -2.45. The normalized spacial score (nSPS) is 12.8. The SMILES string of the molecule is CCC(C)C(NC(=O)c1ccccc1SSc1ccccc1C(N)=O)C(=O)O. The summed E-state index contributed by atoms with van der Waals surface area (Å²) in [6.45, 7) is 3.67. The summed E-state index contributed by atoms with van der Waals surface area (Å²) < 4.78 is 0. The maximum Gasteiger partial charge on any atom is 0.326 e. The molecule has 4 N–H and O–H groups in total. The van der Waals surface area contributed by atoms with Crippen LogP contribution in [0.4, 0.5) is 0 Å². The second kappa shape index (κ2) is 10.2. The number of primary amides is 1. The largest absolute Gasteiger partial charge is 0.480 e. The van der Waals surface area contributed by atoms with Crippen molar-refractivity contribution in [1.82, 2.24) is 5.32 Å². The number of hydrogen-bond donors (Lipinski definition) is 3. The molecule has 0 aliphatic heterocycles. The first-order chi connectivity index (χ1) is 13.3. The number of amides is 2. The van der Waals surface area contributed by atoms with Gasteiger partial charge in [0.05, 0.1) is 11.1 Å². The molecule has 0 fully saturated rings. The summed E-state index contributed by atoms with van der Waals surface area (Å²) in [5.41, 5.74) is 6.19. The molecular weight excluding hydrogens is 396 g/mol. The van der Waals surface area contributed by atoms with Gasteiger partial charge in [-0.1, -0.05) is 66.1 Å². The van der Waals surface area contributed by atoms with Crippen molar-refractivity contribution in [2.45, 2.75) is 36.1 Å². The van der Waals surface area contributed by atoms with Crippen molar-refractivity contribution in [3.63, 3.8) is 0 Å². The molecule has 2 rings (SSSR count). The third-order valence-electron chi connectivity index (χ3n) is 4.27. The number of nitrogens with two attached hydrogens (primary N) is 1. The number of carboxylic acid groups (broad SMARTS) is 1. The van der Waals surface area contributed by atoms with E-state index in [9.17, 15) is 19.5 Å². The number of carboxylic acids is 1. The number of hydrogen-bond acceptors (Lipinski definition) is 5. The van der Waals surface area contributed by atoms with Crippen LogP contribution in [0.2, 0.25) is 0 Å². The van der Waals surface area contributed by atoms with E-state index >= 15 is 0 Å². The highest BCUT2D eigenvalue weighted by Crippen LogP contribution is 2.40. The molecule has 148 valence electrons. The molecule has 0 aromatic heterocycles. The third kappa shape index (κ3) is 5.53. The van der Waals surface area contributed by atoms with E-state index in [4.69, 9.17) is 5.73 Å². The number of aliphatic carboxylic acids is 1. The van der Waals surface area contributed by atoms with Gasteiger partial charge >= 0.3 is 5.97 Å². The van der Waals surface area contributed by atoms with Crippen molar-refractivity contribution in [1.29, 1.82) is 0 Å². The van der Waals surface area contributed by atoms with E-state index < -0.39 is 23.8 Å². The van der Waals surface area contributed by atoms with Gasteiger partial charge in [0.1, 0.15) is 6.04 Å². The summed E-state index contributed by atoms with van der Waals surface area (Å²) in [5, 5.41) is 12.0. The van der Waals surface area contributed by atoms with Crippen LogP contribution in [0.1, 0.15) is 41.0 Å². The molecule has 0 aliphatic carbocycles. The topological polar surface area (TPSA) is 109 Å². The van der Waals surface area contributed by atoms with Crippen LogP contribution in [0.3, 0.4) is 0 Å². The van der Waals surface area contributed by atoms with Gasteiger partial charge in [-0.05, 0) is 30.2 Å². The molecule has 0 spiro atoms. The first-order valence-corrected chi connectivity index (χ1v) is 10.9. The standard InChI is InChI=1S/C20H22N2O4S2/c1-3-12(2)17(20(25)26)22-19(24)14-9-5-7-11-16(14)28-27-15-10-6-4-8-13(15)18(21)23/h4-12,17H,3H2,1-2H3,(H2,21,23)(H,22,24)(H,25,26). The Bertz CT molecular complexity index is 873. The van der Waals surface area contributed by atoms with Crippen molar-refractivity contribution in [3.8, 4) is 0 Å². The molecular formula is C20H22N2O4S2. The third-order valence-corrected chi connectivity index (χ3v) is 6.75. The Labute approximate surface area is 171 Å². The van der Waals surface area contributed by atoms with Crippen LogP contribution in [0.15, 0.2) is 58.3 Å². The quantitative estimate of drug-likeness (QED) is 0.534. The second-order valence-corrected chi connectivity index (χ2v) is 8.41. The van der Waals surface area contributed by atoms with Gasteiger partial charge in [0.25, 0.3) is 5.91 Å². The Morgan fingerprint density at radius 1 is 1.00 bits per heavy atom. The summed E-state index contributed by atoms with van der Waals surface area (Å²) >= 11 is 0. The van der Waals surface area contributed by atoms with Gasteiger partial charge in [-0.2, -0.15) is 0 Å². The molecule has 6 nitrogen and oxygen atoms in total. The molecule has 2 aromatic carbocycles. The van der Waals surface area contributed by atoms with Crippen LogP contribution in [0, 0.1) is 5.92 Å². The highest BCUT2D eigenvalue weighted by Gasteiger charge is 2.26. The molecule has 0 bridgehead atoms. The van der Waals surface area contributed by atoms with E-state index in [0.717, 1.165) is 0 Å². The van der Waals surface area contributed by atoms with Gasteiger partial charge in [-0.3, -0.25) is 9.59 Å². The van der Waals surface area contributed by atoms with E-state index in [2.05, 4.69) is 5.32 Å². The van der Waals surface area contributed by atoms with Crippen LogP contribution < -0.4 is 11.1 Å². The van der Waals surface area contributed by atoms with Crippen molar-refractivity contribution in [2.24, 2.45) is 11.7 Å². The summed E-state index contributed by atoms with van der Waals surface area (Å²) in [4.78, 5) is 37.1. The number of carbonyl (C=O) groups excluding carboxylic acids is 2. The summed E-state index contributed by atoms with van der Waals surface area (Å²) in [5.74, 6) is -2.22. The Balaban J connectivity index is 2.20. The molecule has 2 atom stereocenters. The Morgan fingerprint density at radius 2 is 1.50 bits per heavy atom. The predicted octanol–water partition coefficient (Wildman–Crippen LogP) is 3.81. The maximum atomic E-state index is 12.7. The number of benzene rings is 2. The summed E-state index contributed by atoms with van der Waals surface area (Å²) in [6.07, 6.45) is 0.632. The van der Waals surface area contributed by atoms with Gasteiger partial charge in [0, 0.05) is 9.79 Å². The van der Waals surface area contributed by atoms with Crippen LogP contribution in [-0.4, -0.2) is 28.9 Å². The van der Waals surface area contributed by atoms with Crippen LogP contribution in [0.5, 0.6) is 0 Å². The Kier molecular flexibility index (Phi) is 7.95. The van der Waals surface area contributed by atoms with Crippen molar-refractivity contribution in [2.75, 3.05) is 0 Å². The molecule has 28 heavy (non-hydrogen) atoms. The van der Waals surface area contributed by atoms with E-state index in [1.165, 1.54) is 21.6 Å². The molecule has 8 heteroatoms. The first kappa shape index (κ1) is 21.8. The van der Waals surface area contributed by atoms with Gasteiger partial charge in [-0.25, -0.2) is 4.79 Å². The van der Waals surface area contributed by atoms with E-state index in [1.54, 1.807) is 55.5 Å². The van der Waals surface area contributed by atoms with E-state index in [1.807, 2.05) is 6.92 Å². The average Bonchev–Trinajstić information content (AvgIpc) is 2.69. The van der Waals surface area contributed by atoms with Gasteiger partial charge in [0.15, 0.2) is 0 Å². The van der Waals surface area contributed by atoms with Crippen LogP contribution in [-0.2, 0) is 4.79 Å². The lowest BCUT2D eigenvalue weighted by Gasteiger charge is -2.20. The smallest absolute Gasteiger partial charge is 0.326 e. The lowest BCUT2D eigenvalue weighted by atomic mass is 9.99. The zero-order chi connectivity index (χ0) is 20.7. The zero-order valence-corrected chi connectivity index (χ0v) is 17.2. The fraction of sp³-hybridized carbons (Fsp3) is 0.250. The zero-order valence-electron chi connectivity index (χ0n) is 15.5. The highest BCUT2D eigenvalue weighted by atomic mass is 33.1. The fourth-order valence-electron chi connectivity index (χ4n) is 2.46. The minimum Gasteiger partial charge on any atom is -0.480 e. The molecule has 2 aromatic rings. The molecule has 2 unspecified atom stereocenters. The van der Waals surface area contributed by atoms with Crippen LogP contribution >= 0.6 is 21.6 Å². The maximum absolute atomic E-state index is 12.7. The van der Waals surface area contributed by atoms with Crippen LogP contribution in [0.25, 0.3) is 0 Å². The van der Waals surface area contributed by atoms with Gasteiger partial charge in [-0.15, -0.1) is 0 Å². The number of rotatable bonds is 9. The lowest BCUT2D eigenvalue weighted by molar-refractivity contribution is -0.140. The predicted molar refractivity (Wildman–Crippen MR) is 111 cm³/mol. The summed E-state index contributed by atoms with van der Waals surface area (Å²) in [7, 11) is 2.63. The lowest BCUT2D eigenvalue weighted by Crippen LogP contribution is -2.45. The molecule has 2 amide bonds. The molecule has 0 radical (unpaired) electrons. The number of carbonyl (C=O) groups is 3.